The van der Waals surface area contributed by atoms with E-state index in [1.807, 2.05) is 49.4 Å². The average molecular weight is 345 g/mol. The molecule has 2 unspecified atom stereocenters. The second-order valence-corrected chi connectivity index (χ2v) is 5.99. The molecule has 2 N–H and O–H groups in total. The highest BCUT2D eigenvalue weighted by molar-refractivity contribution is 5.42. The Morgan fingerprint density at radius 3 is 2.44 bits per heavy atom. The highest BCUT2D eigenvalue weighted by Gasteiger charge is 2.16. The highest BCUT2D eigenvalue weighted by Crippen LogP contribution is 2.27. The van der Waals surface area contributed by atoms with Crippen molar-refractivity contribution in [2.45, 2.75) is 32.6 Å². The van der Waals surface area contributed by atoms with Crippen molar-refractivity contribution in [1.29, 1.82) is 0 Å². The van der Waals surface area contributed by atoms with Crippen LogP contribution in [0.5, 0.6) is 17.2 Å². The second kappa shape index (κ2) is 9.30. The number of ether oxygens (including phenoxy) is 3. The summed E-state index contributed by atoms with van der Waals surface area (Å²) >= 11 is 0. The standard InChI is InChI=1S/C20H27NO4/c1-14-6-5-7-17(12-14)25-20(15(2)22)21-11-10-16-8-9-18(23-3)19(13-16)24-4/h5-9,12-13,15,20-22H,10-11H2,1-4H3. The van der Waals surface area contributed by atoms with Crippen molar-refractivity contribution in [3.63, 3.8) is 0 Å². The topological polar surface area (TPSA) is 60.0 Å². The molecule has 0 aliphatic carbocycles. The molecular formula is C20H27NO4. The van der Waals surface area contributed by atoms with Gasteiger partial charge in [-0.3, -0.25) is 5.32 Å². The summed E-state index contributed by atoms with van der Waals surface area (Å²) in [6.45, 7) is 4.38. The number of aliphatic hydroxyl groups excluding tert-OH is 1. The highest BCUT2D eigenvalue weighted by atomic mass is 16.5. The Labute approximate surface area is 149 Å². The molecule has 2 aromatic rings. The van der Waals surface area contributed by atoms with E-state index < -0.39 is 12.3 Å². The fraction of sp³-hybridized carbons (Fsp3) is 0.400. The normalized spacial score (nSPS) is 13.2. The lowest BCUT2D eigenvalue weighted by atomic mass is 10.1. The van der Waals surface area contributed by atoms with Gasteiger partial charge in [-0.05, 0) is 55.7 Å². The molecule has 5 heteroatoms. The first-order valence-electron chi connectivity index (χ1n) is 8.39. The van der Waals surface area contributed by atoms with Gasteiger partial charge in [-0.1, -0.05) is 18.2 Å². The maximum Gasteiger partial charge on any atom is 0.176 e. The zero-order chi connectivity index (χ0) is 18.2. The van der Waals surface area contributed by atoms with E-state index in [1.165, 1.54) is 0 Å². The molecule has 0 spiro atoms. The fourth-order valence-electron chi connectivity index (χ4n) is 2.54. The molecule has 0 saturated carbocycles. The summed E-state index contributed by atoms with van der Waals surface area (Å²) in [4.78, 5) is 0. The minimum Gasteiger partial charge on any atom is -0.493 e. The fourth-order valence-corrected chi connectivity index (χ4v) is 2.54. The zero-order valence-electron chi connectivity index (χ0n) is 15.3. The first-order valence-corrected chi connectivity index (χ1v) is 8.39. The SMILES string of the molecule is COc1ccc(CCNC(Oc2cccc(C)c2)C(C)O)cc1OC. The molecule has 2 aromatic carbocycles. The van der Waals surface area contributed by atoms with Crippen LogP contribution >= 0.6 is 0 Å². The Balaban J connectivity index is 1.93. The van der Waals surface area contributed by atoms with Crippen LogP contribution in [0.25, 0.3) is 0 Å². The smallest absolute Gasteiger partial charge is 0.176 e. The molecule has 0 radical (unpaired) electrons. The first kappa shape index (κ1) is 19.1. The van der Waals surface area contributed by atoms with Crippen LogP contribution in [-0.2, 0) is 6.42 Å². The van der Waals surface area contributed by atoms with E-state index >= 15 is 0 Å². The van der Waals surface area contributed by atoms with E-state index in [9.17, 15) is 5.11 Å². The lowest BCUT2D eigenvalue weighted by molar-refractivity contribution is 0.0274. The van der Waals surface area contributed by atoms with Crippen molar-refractivity contribution in [3.05, 3.63) is 53.6 Å². The monoisotopic (exact) mass is 345 g/mol. The van der Waals surface area contributed by atoms with Crippen LogP contribution in [0.3, 0.4) is 0 Å². The van der Waals surface area contributed by atoms with Crippen LogP contribution in [-0.4, -0.2) is 38.2 Å². The van der Waals surface area contributed by atoms with Crippen molar-refractivity contribution in [2.24, 2.45) is 0 Å². The molecule has 2 atom stereocenters. The first-order chi connectivity index (χ1) is 12.0. The average Bonchev–Trinajstić information content (AvgIpc) is 2.60. The van der Waals surface area contributed by atoms with Gasteiger partial charge in [0.15, 0.2) is 17.7 Å². The van der Waals surface area contributed by atoms with Gasteiger partial charge < -0.3 is 19.3 Å². The van der Waals surface area contributed by atoms with Gasteiger partial charge in [-0.15, -0.1) is 0 Å². The summed E-state index contributed by atoms with van der Waals surface area (Å²) in [5, 5.41) is 13.2. The van der Waals surface area contributed by atoms with Crippen LogP contribution in [0.15, 0.2) is 42.5 Å². The molecule has 0 aliphatic heterocycles. The molecule has 5 nitrogen and oxygen atoms in total. The number of benzene rings is 2. The van der Waals surface area contributed by atoms with Gasteiger partial charge in [0.25, 0.3) is 0 Å². The molecule has 0 heterocycles. The minimum atomic E-state index is -0.633. The van der Waals surface area contributed by atoms with E-state index in [4.69, 9.17) is 14.2 Å². The van der Waals surface area contributed by atoms with Crippen LogP contribution < -0.4 is 19.5 Å². The Hall–Kier alpha value is -2.24. The van der Waals surface area contributed by atoms with E-state index in [0.717, 1.165) is 23.3 Å². The molecule has 0 aliphatic rings. The number of hydrogen-bond donors (Lipinski definition) is 2. The van der Waals surface area contributed by atoms with Crippen LogP contribution in [0.2, 0.25) is 0 Å². The molecule has 0 aromatic heterocycles. The van der Waals surface area contributed by atoms with Crippen LogP contribution in [0.4, 0.5) is 0 Å². The van der Waals surface area contributed by atoms with E-state index in [0.29, 0.717) is 18.0 Å². The number of nitrogens with one attached hydrogen (secondary N) is 1. The summed E-state index contributed by atoms with van der Waals surface area (Å²) < 4.78 is 16.4. The van der Waals surface area contributed by atoms with Gasteiger partial charge in [0.1, 0.15) is 11.9 Å². The Bertz CT molecular complexity index is 672. The summed E-state index contributed by atoms with van der Waals surface area (Å²) in [6.07, 6.45) is -0.325. The van der Waals surface area contributed by atoms with Gasteiger partial charge in [0, 0.05) is 6.54 Å². The molecule has 136 valence electrons. The van der Waals surface area contributed by atoms with E-state index in [-0.39, 0.29) is 0 Å². The lowest BCUT2D eigenvalue weighted by Gasteiger charge is -2.23. The number of methoxy groups -OCH3 is 2. The van der Waals surface area contributed by atoms with Crippen molar-refractivity contribution in [1.82, 2.24) is 5.32 Å². The maximum atomic E-state index is 9.97. The van der Waals surface area contributed by atoms with E-state index in [1.54, 1.807) is 21.1 Å². The third-order valence-corrected chi connectivity index (χ3v) is 3.90. The van der Waals surface area contributed by atoms with Crippen molar-refractivity contribution >= 4 is 0 Å². The number of hydrogen-bond acceptors (Lipinski definition) is 5. The predicted molar refractivity (Wildman–Crippen MR) is 98.5 cm³/mol. The largest absolute Gasteiger partial charge is 0.493 e. The third-order valence-electron chi connectivity index (χ3n) is 3.90. The van der Waals surface area contributed by atoms with E-state index in [2.05, 4.69) is 5.32 Å². The van der Waals surface area contributed by atoms with Crippen LogP contribution in [0, 0.1) is 6.92 Å². The zero-order valence-corrected chi connectivity index (χ0v) is 15.3. The van der Waals surface area contributed by atoms with Gasteiger partial charge >= 0.3 is 0 Å². The minimum absolute atomic E-state index is 0.470. The Morgan fingerprint density at radius 2 is 1.80 bits per heavy atom. The van der Waals surface area contributed by atoms with Crippen molar-refractivity contribution < 1.29 is 19.3 Å². The van der Waals surface area contributed by atoms with Gasteiger partial charge in [-0.2, -0.15) is 0 Å². The summed E-state index contributed by atoms with van der Waals surface area (Å²) in [7, 11) is 3.24. The molecule has 25 heavy (non-hydrogen) atoms. The maximum absolute atomic E-state index is 9.97. The molecule has 0 saturated heterocycles. The van der Waals surface area contributed by atoms with Crippen molar-refractivity contribution in [2.75, 3.05) is 20.8 Å². The summed E-state index contributed by atoms with van der Waals surface area (Å²) in [6, 6.07) is 13.6. The molecular weight excluding hydrogens is 318 g/mol. The molecule has 2 rings (SSSR count). The lowest BCUT2D eigenvalue weighted by Crippen LogP contribution is -2.43. The predicted octanol–water partition coefficient (Wildman–Crippen LogP) is 2.93. The van der Waals surface area contributed by atoms with Crippen LogP contribution in [0.1, 0.15) is 18.1 Å². The molecule has 0 bridgehead atoms. The third kappa shape index (κ3) is 5.66. The Morgan fingerprint density at radius 1 is 1.04 bits per heavy atom. The summed E-state index contributed by atoms with van der Waals surface area (Å²) in [5.74, 6) is 2.16. The molecule has 0 amide bonds. The number of aryl methyl sites for hydroxylation is 1. The Kier molecular flexibility index (Phi) is 7.10. The number of rotatable bonds is 9. The summed E-state index contributed by atoms with van der Waals surface area (Å²) in [5.41, 5.74) is 2.23. The number of aliphatic hydroxyl groups is 1. The van der Waals surface area contributed by atoms with Gasteiger partial charge in [0.2, 0.25) is 0 Å². The quantitative estimate of drug-likeness (QED) is 0.684. The molecule has 0 fully saturated rings. The van der Waals surface area contributed by atoms with Crippen molar-refractivity contribution in [3.8, 4) is 17.2 Å². The second-order valence-electron chi connectivity index (χ2n) is 5.99. The van der Waals surface area contributed by atoms with Gasteiger partial charge in [0.05, 0.1) is 14.2 Å². The van der Waals surface area contributed by atoms with Gasteiger partial charge in [-0.25, -0.2) is 0 Å².